The first-order valence-corrected chi connectivity index (χ1v) is 7.76. The number of likely N-dealkylation sites (tertiary alicyclic amines) is 1. The van der Waals surface area contributed by atoms with E-state index in [-0.39, 0.29) is 5.97 Å². The summed E-state index contributed by atoms with van der Waals surface area (Å²) in [7, 11) is 1.56. The molecular formula is C17H25NO3. The van der Waals surface area contributed by atoms with Gasteiger partial charge in [-0.3, -0.25) is 0 Å². The number of benzene rings is 1. The van der Waals surface area contributed by atoms with Gasteiger partial charge in [0.05, 0.1) is 13.7 Å². The third-order valence-corrected chi connectivity index (χ3v) is 4.09. The minimum Gasteiger partial charge on any atom is -0.496 e. The third kappa shape index (κ3) is 4.46. The quantitative estimate of drug-likeness (QED) is 0.596. The molecule has 0 aromatic heterocycles. The normalized spacial score (nSPS) is 19.2. The number of methoxy groups -OCH3 is 1. The van der Waals surface area contributed by atoms with Gasteiger partial charge in [-0.05, 0) is 44.9 Å². The summed E-state index contributed by atoms with van der Waals surface area (Å²) in [4.78, 5) is 14.5. The zero-order valence-electron chi connectivity index (χ0n) is 13.0. The van der Waals surface area contributed by atoms with Crippen molar-refractivity contribution < 1.29 is 14.3 Å². The van der Waals surface area contributed by atoms with E-state index in [1.807, 2.05) is 12.1 Å². The standard InChI is InChI=1S/C17H25NO3/c1-14-8-5-6-11-18(14)12-7-13-21-17(19)15-9-3-4-10-16(15)20-2/h3-4,9-10,14H,5-8,11-13H2,1-2H3. The molecule has 0 radical (unpaired) electrons. The zero-order valence-corrected chi connectivity index (χ0v) is 13.0. The van der Waals surface area contributed by atoms with Gasteiger partial charge in [-0.2, -0.15) is 0 Å². The molecule has 0 spiro atoms. The van der Waals surface area contributed by atoms with E-state index < -0.39 is 0 Å². The molecule has 1 aromatic rings. The first kappa shape index (κ1) is 15.8. The number of esters is 1. The van der Waals surface area contributed by atoms with Gasteiger partial charge in [0.1, 0.15) is 11.3 Å². The summed E-state index contributed by atoms with van der Waals surface area (Å²) in [5, 5.41) is 0. The predicted octanol–water partition coefficient (Wildman–Crippen LogP) is 3.12. The molecule has 4 heteroatoms. The molecular weight excluding hydrogens is 266 g/mol. The summed E-state index contributed by atoms with van der Waals surface area (Å²) < 4.78 is 10.5. The summed E-state index contributed by atoms with van der Waals surface area (Å²) in [6, 6.07) is 7.81. The first-order valence-electron chi connectivity index (χ1n) is 7.76. The molecule has 0 aliphatic carbocycles. The molecule has 0 N–H and O–H groups in total. The Labute approximate surface area is 127 Å². The number of rotatable bonds is 6. The Kier molecular flexibility index (Phi) is 6.05. The average Bonchev–Trinajstić information content (AvgIpc) is 2.52. The monoisotopic (exact) mass is 291 g/mol. The fourth-order valence-electron chi connectivity index (χ4n) is 2.81. The maximum absolute atomic E-state index is 12.0. The van der Waals surface area contributed by atoms with Crippen LogP contribution in [0.3, 0.4) is 0 Å². The van der Waals surface area contributed by atoms with Crippen LogP contribution in [0.4, 0.5) is 0 Å². The topological polar surface area (TPSA) is 38.8 Å². The second-order valence-corrected chi connectivity index (χ2v) is 5.57. The van der Waals surface area contributed by atoms with Crippen molar-refractivity contribution in [3.8, 4) is 5.75 Å². The molecule has 1 aliphatic rings. The number of piperidine rings is 1. The minimum atomic E-state index is -0.306. The van der Waals surface area contributed by atoms with E-state index in [0.29, 0.717) is 24.0 Å². The number of nitrogens with zero attached hydrogens (tertiary/aromatic N) is 1. The molecule has 0 saturated carbocycles. The fraction of sp³-hybridized carbons (Fsp3) is 0.588. The van der Waals surface area contributed by atoms with E-state index in [2.05, 4.69) is 11.8 Å². The highest BCUT2D eigenvalue weighted by molar-refractivity contribution is 5.92. The second-order valence-electron chi connectivity index (χ2n) is 5.57. The zero-order chi connectivity index (χ0) is 15.1. The molecule has 0 amide bonds. The van der Waals surface area contributed by atoms with E-state index in [4.69, 9.17) is 9.47 Å². The van der Waals surface area contributed by atoms with Crippen molar-refractivity contribution in [2.24, 2.45) is 0 Å². The summed E-state index contributed by atoms with van der Waals surface area (Å²) in [5.41, 5.74) is 0.492. The van der Waals surface area contributed by atoms with Crippen LogP contribution >= 0.6 is 0 Å². The molecule has 1 aliphatic heterocycles. The van der Waals surface area contributed by atoms with Crippen molar-refractivity contribution in [1.82, 2.24) is 4.90 Å². The highest BCUT2D eigenvalue weighted by Gasteiger charge is 2.18. The molecule has 116 valence electrons. The summed E-state index contributed by atoms with van der Waals surface area (Å²) >= 11 is 0. The van der Waals surface area contributed by atoms with Crippen molar-refractivity contribution in [3.05, 3.63) is 29.8 Å². The molecule has 21 heavy (non-hydrogen) atoms. The SMILES string of the molecule is COc1ccccc1C(=O)OCCCN1CCCCC1C. The number of hydrogen-bond acceptors (Lipinski definition) is 4. The van der Waals surface area contributed by atoms with E-state index >= 15 is 0 Å². The van der Waals surface area contributed by atoms with Gasteiger partial charge in [-0.1, -0.05) is 18.6 Å². The average molecular weight is 291 g/mol. The van der Waals surface area contributed by atoms with Crippen LogP contribution in [0.15, 0.2) is 24.3 Å². The Bertz CT molecular complexity index is 461. The van der Waals surface area contributed by atoms with Gasteiger partial charge in [0.25, 0.3) is 0 Å². The van der Waals surface area contributed by atoms with Gasteiger partial charge in [0, 0.05) is 12.6 Å². The lowest BCUT2D eigenvalue weighted by Crippen LogP contribution is -2.38. The Morgan fingerprint density at radius 3 is 2.90 bits per heavy atom. The fourth-order valence-corrected chi connectivity index (χ4v) is 2.81. The molecule has 1 atom stereocenters. The molecule has 2 rings (SSSR count). The largest absolute Gasteiger partial charge is 0.496 e. The van der Waals surface area contributed by atoms with Crippen LogP contribution in [0.1, 0.15) is 43.0 Å². The van der Waals surface area contributed by atoms with Crippen molar-refractivity contribution in [2.45, 2.75) is 38.6 Å². The van der Waals surface area contributed by atoms with Crippen LogP contribution in [0.5, 0.6) is 5.75 Å². The lowest BCUT2D eigenvalue weighted by atomic mass is 10.0. The van der Waals surface area contributed by atoms with E-state index in [1.165, 1.54) is 25.8 Å². The summed E-state index contributed by atoms with van der Waals surface area (Å²) in [6.07, 6.45) is 4.78. The Hall–Kier alpha value is -1.55. The smallest absolute Gasteiger partial charge is 0.341 e. The second kappa shape index (κ2) is 8.03. The van der Waals surface area contributed by atoms with Crippen molar-refractivity contribution in [2.75, 3.05) is 26.8 Å². The van der Waals surface area contributed by atoms with Crippen LogP contribution in [0.25, 0.3) is 0 Å². The molecule has 1 fully saturated rings. The highest BCUT2D eigenvalue weighted by Crippen LogP contribution is 2.19. The number of carbonyl (C=O) groups excluding carboxylic acids is 1. The van der Waals surface area contributed by atoms with Crippen LogP contribution in [0.2, 0.25) is 0 Å². The minimum absolute atomic E-state index is 0.306. The van der Waals surface area contributed by atoms with Gasteiger partial charge in [0.15, 0.2) is 0 Å². The molecule has 1 heterocycles. The molecule has 4 nitrogen and oxygen atoms in total. The molecule has 0 bridgehead atoms. The van der Waals surface area contributed by atoms with Crippen LogP contribution < -0.4 is 4.74 Å². The van der Waals surface area contributed by atoms with Crippen molar-refractivity contribution >= 4 is 5.97 Å². The van der Waals surface area contributed by atoms with E-state index in [1.54, 1.807) is 19.2 Å². The van der Waals surface area contributed by atoms with Crippen molar-refractivity contribution in [3.63, 3.8) is 0 Å². The highest BCUT2D eigenvalue weighted by atomic mass is 16.5. The Balaban J connectivity index is 1.74. The van der Waals surface area contributed by atoms with Gasteiger partial charge in [-0.25, -0.2) is 4.79 Å². The number of para-hydroxylation sites is 1. The third-order valence-electron chi connectivity index (χ3n) is 4.09. The number of hydrogen-bond donors (Lipinski definition) is 0. The molecule has 1 aromatic carbocycles. The van der Waals surface area contributed by atoms with Crippen LogP contribution in [-0.2, 0) is 4.74 Å². The van der Waals surface area contributed by atoms with Crippen molar-refractivity contribution in [1.29, 1.82) is 0 Å². The molecule has 1 unspecified atom stereocenters. The van der Waals surface area contributed by atoms with Crippen LogP contribution in [0, 0.1) is 0 Å². The van der Waals surface area contributed by atoms with Crippen LogP contribution in [-0.4, -0.2) is 43.7 Å². The molecule has 1 saturated heterocycles. The lowest BCUT2D eigenvalue weighted by molar-refractivity contribution is 0.0472. The van der Waals surface area contributed by atoms with Gasteiger partial charge < -0.3 is 14.4 Å². The van der Waals surface area contributed by atoms with E-state index in [0.717, 1.165) is 13.0 Å². The maximum Gasteiger partial charge on any atom is 0.341 e. The van der Waals surface area contributed by atoms with E-state index in [9.17, 15) is 4.79 Å². The lowest BCUT2D eigenvalue weighted by Gasteiger charge is -2.33. The summed E-state index contributed by atoms with van der Waals surface area (Å²) in [6.45, 7) is 4.90. The number of carbonyl (C=O) groups is 1. The first-order chi connectivity index (χ1) is 10.2. The number of ether oxygens (including phenoxy) is 2. The Morgan fingerprint density at radius 1 is 1.33 bits per heavy atom. The van der Waals surface area contributed by atoms with Gasteiger partial charge in [0.2, 0.25) is 0 Å². The Morgan fingerprint density at radius 2 is 2.14 bits per heavy atom. The van der Waals surface area contributed by atoms with Gasteiger partial charge in [-0.15, -0.1) is 0 Å². The maximum atomic E-state index is 12.0. The summed E-state index contributed by atoms with van der Waals surface area (Å²) in [5.74, 6) is 0.256. The predicted molar refractivity (Wildman–Crippen MR) is 82.8 cm³/mol. The van der Waals surface area contributed by atoms with Gasteiger partial charge >= 0.3 is 5.97 Å².